The molecule has 2 heteroatoms. The molecule has 3 rings (SSSR count). The standard InChI is InChI=1S/C15H14N2/c1-10-5-6-16-14-12(7-10)3-4-13-8-11(2)9-17-15(13)14/h3-4,6-9H,5H2,1-2H3. The van der Waals surface area contributed by atoms with Gasteiger partial charge in [-0.15, -0.1) is 0 Å². The van der Waals surface area contributed by atoms with E-state index >= 15 is 0 Å². The zero-order valence-electron chi connectivity index (χ0n) is 10.1. The van der Waals surface area contributed by atoms with Crippen LogP contribution in [-0.2, 0) is 0 Å². The zero-order chi connectivity index (χ0) is 11.8. The second-order valence-electron chi connectivity index (χ2n) is 4.59. The van der Waals surface area contributed by atoms with Crippen molar-refractivity contribution >= 4 is 28.9 Å². The molecule has 17 heavy (non-hydrogen) atoms. The lowest BCUT2D eigenvalue weighted by Gasteiger charge is -2.05. The predicted octanol–water partition coefficient (Wildman–Crippen LogP) is 4.05. The molecule has 2 heterocycles. The van der Waals surface area contributed by atoms with E-state index in [0.717, 1.165) is 23.0 Å². The van der Waals surface area contributed by atoms with Gasteiger partial charge in [0.1, 0.15) is 0 Å². The highest BCUT2D eigenvalue weighted by Gasteiger charge is 2.08. The van der Waals surface area contributed by atoms with Crippen LogP contribution in [0.4, 0.5) is 5.69 Å². The number of hydrogen-bond acceptors (Lipinski definition) is 2. The van der Waals surface area contributed by atoms with Crippen LogP contribution in [0.3, 0.4) is 0 Å². The Hall–Kier alpha value is -1.96. The van der Waals surface area contributed by atoms with Crippen molar-refractivity contribution in [2.45, 2.75) is 20.3 Å². The summed E-state index contributed by atoms with van der Waals surface area (Å²) in [4.78, 5) is 9.07. The lowest BCUT2D eigenvalue weighted by atomic mass is 10.1. The molecule has 0 bridgehead atoms. The Morgan fingerprint density at radius 2 is 2.06 bits per heavy atom. The van der Waals surface area contributed by atoms with E-state index in [1.54, 1.807) is 0 Å². The monoisotopic (exact) mass is 222 g/mol. The maximum absolute atomic E-state index is 4.56. The van der Waals surface area contributed by atoms with E-state index in [1.165, 1.54) is 16.7 Å². The molecule has 0 fully saturated rings. The third-order valence-electron chi connectivity index (χ3n) is 3.03. The minimum absolute atomic E-state index is 0.919. The second kappa shape index (κ2) is 3.81. The molecule has 2 aromatic rings. The van der Waals surface area contributed by atoms with Gasteiger partial charge in [0.15, 0.2) is 0 Å². The summed E-state index contributed by atoms with van der Waals surface area (Å²) in [6.45, 7) is 4.19. The van der Waals surface area contributed by atoms with Gasteiger partial charge in [-0.2, -0.15) is 0 Å². The highest BCUT2D eigenvalue weighted by atomic mass is 14.8. The number of aliphatic imine (C=N–C) groups is 1. The first kappa shape index (κ1) is 10.2. The molecule has 0 spiro atoms. The van der Waals surface area contributed by atoms with Crippen molar-refractivity contribution < 1.29 is 0 Å². The summed E-state index contributed by atoms with van der Waals surface area (Å²) < 4.78 is 0. The number of fused-ring (bicyclic) bond motifs is 3. The molecule has 0 aliphatic carbocycles. The molecule has 1 aliphatic rings. The van der Waals surface area contributed by atoms with E-state index in [9.17, 15) is 0 Å². The van der Waals surface area contributed by atoms with E-state index in [-0.39, 0.29) is 0 Å². The Morgan fingerprint density at radius 3 is 2.94 bits per heavy atom. The van der Waals surface area contributed by atoms with Crippen molar-refractivity contribution in [1.82, 2.24) is 4.98 Å². The summed E-state index contributed by atoms with van der Waals surface area (Å²) >= 11 is 0. The number of pyridine rings is 1. The van der Waals surface area contributed by atoms with Gasteiger partial charge < -0.3 is 0 Å². The number of hydrogen-bond donors (Lipinski definition) is 0. The molecule has 0 saturated carbocycles. The maximum Gasteiger partial charge on any atom is 0.0964 e. The van der Waals surface area contributed by atoms with Gasteiger partial charge in [-0.25, -0.2) is 0 Å². The summed E-state index contributed by atoms with van der Waals surface area (Å²) in [5.74, 6) is 0. The molecular weight excluding hydrogens is 208 g/mol. The average Bonchev–Trinajstić information content (AvgIpc) is 2.49. The third-order valence-corrected chi connectivity index (χ3v) is 3.03. The molecule has 0 saturated heterocycles. The largest absolute Gasteiger partial charge is 0.258 e. The van der Waals surface area contributed by atoms with Gasteiger partial charge in [-0.1, -0.05) is 23.8 Å². The minimum Gasteiger partial charge on any atom is -0.258 e. The Kier molecular flexibility index (Phi) is 2.29. The first-order valence-corrected chi connectivity index (χ1v) is 5.83. The highest BCUT2D eigenvalue weighted by molar-refractivity contribution is 5.96. The summed E-state index contributed by atoms with van der Waals surface area (Å²) in [5.41, 5.74) is 5.68. The SMILES string of the molecule is CC1=Cc2ccc3cc(C)cnc3c2N=CC1. The van der Waals surface area contributed by atoms with Crippen LogP contribution < -0.4 is 0 Å². The first-order valence-electron chi connectivity index (χ1n) is 5.83. The van der Waals surface area contributed by atoms with Crippen LogP contribution in [-0.4, -0.2) is 11.2 Å². The smallest absolute Gasteiger partial charge is 0.0964 e. The molecule has 0 unspecified atom stereocenters. The van der Waals surface area contributed by atoms with Crippen molar-refractivity contribution in [2.75, 3.05) is 0 Å². The number of aryl methyl sites for hydroxylation is 1. The van der Waals surface area contributed by atoms with Crippen LogP contribution in [0.15, 0.2) is 35.0 Å². The van der Waals surface area contributed by atoms with Gasteiger partial charge >= 0.3 is 0 Å². The van der Waals surface area contributed by atoms with E-state index in [4.69, 9.17) is 0 Å². The van der Waals surface area contributed by atoms with Crippen LogP contribution in [0.25, 0.3) is 17.0 Å². The van der Waals surface area contributed by atoms with Crippen molar-refractivity contribution in [1.29, 1.82) is 0 Å². The van der Waals surface area contributed by atoms with Crippen LogP contribution in [0.1, 0.15) is 24.5 Å². The quantitative estimate of drug-likeness (QED) is 0.660. The van der Waals surface area contributed by atoms with E-state index in [1.807, 2.05) is 12.4 Å². The molecule has 0 amide bonds. The minimum atomic E-state index is 0.919. The van der Waals surface area contributed by atoms with Crippen LogP contribution in [0.2, 0.25) is 0 Å². The van der Waals surface area contributed by atoms with E-state index in [0.29, 0.717) is 0 Å². The zero-order valence-corrected chi connectivity index (χ0v) is 10.1. The predicted molar refractivity (Wildman–Crippen MR) is 72.9 cm³/mol. The molecular formula is C15H14N2. The number of aromatic nitrogens is 1. The van der Waals surface area contributed by atoms with Crippen LogP contribution >= 0.6 is 0 Å². The average molecular weight is 222 g/mol. The fourth-order valence-electron chi connectivity index (χ4n) is 2.17. The highest BCUT2D eigenvalue weighted by Crippen LogP contribution is 2.32. The van der Waals surface area contributed by atoms with E-state index < -0.39 is 0 Å². The van der Waals surface area contributed by atoms with E-state index in [2.05, 4.69) is 48.1 Å². The van der Waals surface area contributed by atoms with Crippen molar-refractivity contribution in [3.63, 3.8) is 0 Å². The molecule has 0 atom stereocenters. The van der Waals surface area contributed by atoms with Crippen LogP contribution in [0, 0.1) is 6.92 Å². The van der Waals surface area contributed by atoms with Gasteiger partial charge in [-0.3, -0.25) is 9.98 Å². The molecule has 0 N–H and O–H groups in total. The molecule has 84 valence electrons. The molecule has 1 aliphatic heterocycles. The fraction of sp³-hybridized carbons (Fsp3) is 0.200. The van der Waals surface area contributed by atoms with Crippen molar-refractivity contribution in [3.05, 3.63) is 41.1 Å². The number of rotatable bonds is 0. The molecule has 1 aromatic heterocycles. The Bertz CT molecular complexity index is 651. The summed E-state index contributed by atoms with van der Waals surface area (Å²) in [5, 5.41) is 1.16. The van der Waals surface area contributed by atoms with Gasteiger partial charge in [0.2, 0.25) is 0 Å². The Morgan fingerprint density at radius 1 is 1.18 bits per heavy atom. The van der Waals surface area contributed by atoms with Gasteiger partial charge in [0.25, 0.3) is 0 Å². The lowest BCUT2D eigenvalue weighted by molar-refractivity contribution is 1.31. The lowest BCUT2D eigenvalue weighted by Crippen LogP contribution is -1.84. The first-order chi connectivity index (χ1) is 8.24. The summed E-state index contributed by atoms with van der Waals surface area (Å²) in [7, 11) is 0. The molecule has 1 aromatic carbocycles. The number of benzene rings is 1. The molecule has 0 radical (unpaired) electrons. The summed E-state index contributed by atoms with van der Waals surface area (Å²) in [6.07, 6.45) is 6.99. The second-order valence-corrected chi connectivity index (χ2v) is 4.59. The molecule has 2 nitrogen and oxygen atoms in total. The topological polar surface area (TPSA) is 25.2 Å². The van der Waals surface area contributed by atoms with Crippen molar-refractivity contribution in [3.8, 4) is 0 Å². The number of nitrogens with zero attached hydrogens (tertiary/aromatic N) is 2. The Labute approximate surface area is 101 Å². The Balaban J connectivity index is 2.36. The van der Waals surface area contributed by atoms with Gasteiger partial charge in [0.05, 0.1) is 11.2 Å². The summed E-state index contributed by atoms with van der Waals surface area (Å²) in [6, 6.07) is 6.41. The van der Waals surface area contributed by atoms with Crippen molar-refractivity contribution in [2.24, 2.45) is 4.99 Å². The fourth-order valence-corrected chi connectivity index (χ4v) is 2.17. The number of allylic oxidation sites excluding steroid dienone is 1. The van der Waals surface area contributed by atoms with Gasteiger partial charge in [-0.05, 0) is 25.5 Å². The third kappa shape index (κ3) is 1.76. The maximum atomic E-state index is 4.56. The normalized spacial score (nSPS) is 14.4. The van der Waals surface area contributed by atoms with Gasteiger partial charge in [0, 0.05) is 29.8 Å². The van der Waals surface area contributed by atoms with Crippen LogP contribution in [0.5, 0.6) is 0 Å².